The molecule has 0 aromatic carbocycles. The van der Waals surface area contributed by atoms with Crippen LogP contribution >= 0.6 is 23.5 Å². The summed E-state index contributed by atoms with van der Waals surface area (Å²) in [6.45, 7) is 8.36. The van der Waals surface area contributed by atoms with E-state index in [0.29, 0.717) is 5.75 Å². The Bertz CT molecular complexity index is 279. The highest BCUT2D eigenvalue weighted by Gasteiger charge is 1.99. The maximum Gasteiger partial charge on any atom is 0.230 e. The minimum atomic E-state index is -0.116. The second-order valence-corrected chi connectivity index (χ2v) is 5.24. The van der Waals surface area contributed by atoms with Gasteiger partial charge in [-0.15, -0.1) is 0 Å². The van der Waals surface area contributed by atoms with E-state index in [4.69, 9.17) is 0 Å². The molecule has 0 atom stereocenters. The van der Waals surface area contributed by atoms with Crippen LogP contribution in [0.4, 0.5) is 0 Å². The van der Waals surface area contributed by atoms with Gasteiger partial charge in [0.05, 0.1) is 11.5 Å². The lowest BCUT2D eigenvalue weighted by Gasteiger charge is -1.93. The summed E-state index contributed by atoms with van der Waals surface area (Å²) in [4.78, 5) is 41.0. The molecule has 0 aromatic heterocycles. The summed E-state index contributed by atoms with van der Waals surface area (Å²) in [5.41, 5.74) is 0. The van der Waals surface area contributed by atoms with Gasteiger partial charge < -0.3 is 5.32 Å². The molecule has 0 aliphatic carbocycles. The predicted octanol–water partition coefficient (Wildman–Crippen LogP) is 1.89. The summed E-state index contributed by atoms with van der Waals surface area (Å²) in [5, 5.41) is 2.38. The highest BCUT2D eigenvalue weighted by molar-refractivity contribution is 8.14. The number of rotatable bonds is 4. The third-order valence-electron chi connectivity index (χ3n) is 1.16. The van der Waals surface area contributed by atoms with Crippen LogP contribution in [-0.2, 0) is 19.2 Å². The first kappa shape index (κ1) is 23.3. The van der Waals surface area contributed by atoms with Crippen molar-refractivity contribution in [2.24, 2.45) is 0 Å². The van der Waals surface area contributed by atoms with Crippen molar-refractivity contribution in [2.75, 3.05) is 18.6 Å². The Morgan fingerprint density at radius 3 is 1.42 bits per heavy atom. The largest absolute Gasteiger partial charge is 0.358 e. The van der Waals surface area contributed by atoms with Crippen LogP contribution in [0.15, 0.2) is 0 Å². The Morgan fingerprint density at radius 1 is 0.842 bits per heavy atom. The lowest BCUT2D eigenvalue weighted by molar-refractivity contribution is -0.118. The fourth-order valence-corrected chi connectivity index (χ4v) is 1.33. The monoisotopic (exact) mass is 309 g/mol. The number of nitrogens with one attached hydrogen (secondary N) is 1. The third-order valence-corrected chi connectivity index (χ3v) is 2.93. The smallest absolute Gasteiger partial charge is 0.230 e. The number of thioether (sulfide) groups is 2. The fourth-order valence-electron chi connectivity index (χ4n) is 0.443. The summed E-state index contributed by atoms with van der Waals surface area (Å²) in [7, 11) is 1.54. The number of carbonyl (C=O) groups excluding carboxylic acids is 4. The van der Waals surface area contributed by atoms with Crippen LogP contribution in [0.25, 0.3) is 0 Å². The van der Waals surface area contributed by atoms with Gasteiger partial charge in [0.1, 0.15) is 5.78 Å². The minimum Gasteiger partial charge on any atom is -0.358 e. The van der Waals surface area contributed by atoms with Crippen molar-refractivity contribution < 1.29 is 19.2 Å². The zero-order valence-corrected chi connectivity index (χ0v) is 14.0. The normalized spacial score (nSPS) is 8.11. The molecule has 0 unspecified atom stereocenters. The Kier molecular flexibility index (Phi) is 21.1. The van der Waals surface area contributed by atoms with Crippen LogP contribution in [0, 0.1) is 0 Å². The van der Waals surface area contributed by atoms with E-state index >= 15 is 0 Å². The molecule has 19 heavy (non-hydrogen) atoms. The summed E-state index contributed by atoms with van der Waals surface area (Å²) in [6.07, 6.45) is 0. The Labute approximate surface area is 123 Å². The molecular formula is C12H23NO4S2. The lowest BCUT2D eigenvalue weighted by atomic mass is 10.5. The first-order chi connectivity index (χ1) is 8.79. The molecule has 0 radical (unpaired) electrons. The molecule has 0 rings (SSSR count). The topological polar surface area (TPSA) is 80.3 Å². The fraction of sp³-hybridized carbons (Fsp3) is 0.667. The van der Waals surface area contributed by atoms with Gasteiger partial charge in [0.15, 0.2) is 10.2 Å². The molecule has 0 heterocycles. The molecule has 0 aliphatic rings. The molecule has 7 heteroatoms. The summed E-state index contributed by atoms with van der Waals surface area (Å²) >= 11 is 2.06. The van der Waals surface area contributed by atoms with E-state index in [9.17, 15) is 19.2 Å². The highest BCUT2D eigenvalue weighted by Crippen LogP contribution is 1.99. The van der Waals surface area contributed by atoms with Gasteiger partial charge in [-0.3, -0.25) is 19.2 Å². The molecule has 1 amide bonds. The van der Waals surface area contributed by atoms with Crippen molar-refractivity contribution in [3.63, 3.8) is 0 Å². The average molecular weight is 309 g/mol. The molecule has 0 spiro atoms. The Hall–Kier alpha value is -0.820. The molecule has 0 fully saturated rings. The van der Waals surface area contributed by atoms with Gasteiger partial charge in [-0.25, -0.2) is 0 Å². The SMILES string of the molecule is CC.CC(=O)CSC(C)=O.CNC(=O)CSC(C)=O. The first-order valence-electron chi connectivity index (χ1n) is 5.76. The maximum atomic E-state index is 10.4. The van der Waals surface area contributed by atoms with Crippen LogP contribution in [0.2, 0.25) is 0 Å². The molecule has 112 valence electrons. The lowest BCUT2D eigenvalue weighted by Crippen LogP contribution is -2.20. The van der Waals surface area contributed by atoms with E-state index < -0.39 is 0 Å². The number of hydrogen-bond acceptors (Lipinski definition) is 6. The predicted molar refractivity (Wildman–Crippen MR) is 82.4 cm³/mol. The van der Waals surface area contributed by atoms with Gasteiger partial charge in [-0.05, 0) is 6.92 Å². The van der Waals surface area contributed by atoms with Crippen LogP contribution in [0.3, 0.4) is 0 Å². The van der Waals surface area contributed by atoms with Crippen molar-refractivity contribution in [1.82, 2.24) is 5.32 Å². The van der Waals surface area contributed by atoms with E-state index in [1.165, 1.54) is 20.8 Å². The van der Waals surface area contributed by atoms with E-state index in [1.54, 1.807) is 7.05 Å². The zero-order valence-electron chi connectivity index (χ0n) is 12.4. The van der Waals surface area contributed by atoms with E-state index in [-0.39, 0.29) is 27.7 Å². The summed E-state index contributed by atoms with van der Waals surface area (Å²) in [6, 6.07) is 0. The standard InChI is InChI=1S/C5H9NO2S.C5H8O2S.C2H6/c1-4(7)9-3-5(8)6-2;1-4(6)3-8-5(2)7;1-2/h3H2,1-2H3,(H,6,8);3H2,1-2H3;1-2H3. The molecule has 5 nitrogen and oxygen atoms in total. The van der Waals surface area contributed by atoms with Crippen LogP contribution in [0.5, 0.6) is 0 Å². The van der Waals surface area contributed by atoms with Crippen molar-refractivity contribution >= 4 is 45.4 Å². The molecule has 0 saturated carbocycles. The van der Waals surface area contributed by atoms with Crippen molar-refractivity contribution in [1.29, 1.82) is 0 Å². The minimum absolute atomic E-state index is 0.000185. The van der Waals surface area contributed by atoms with Gasteiger partial charge in [-0.2, -0.15) is 0 Å². The second-order valence-electron chi connectivity index (χ2n) is 2.94. The maximum absolute atomic E-state index is 10.4. The Morgan fingerprint density at radius 2 is 1.21 bits per heavy atom. The first-order valence-corrected chi connectivity index (χ1v) is 7.73. The molecular weight excluding hydrogens is 286 g/mol. The van der Waals surface area contributed by atoms with E-state index in [2.05, 4.69) is 5.32 Å². The van der Waals surface area contributed by atoms with Crippen molar-refractivity contribution in [3.05, 3.63) is 0 Å². The van der Waals surface area contributed by atoms with Crippen molar-refractivity contribution in [3.8, 4) is 0 Å². The molecule has 0 aliphatic heterocycles. The van der Waals surface area contributed by atoms with E-state index in [0.717, 1.165) is 23.5 Å². The number of ketones is 1. The van der Waals surface area contributed by atoms with Gasteiger partial charge in [0, 0.05) is 20.9 Å². The molecule has 0 bridgehead atoms. The van der Waals surface area contributed by atoms with Gasteiger partial charge in [-0.1, -0.05) is 37.4 Å². The zero-order chi connectivity index (χ0) is 15.8. The van der Waals surface area contributed by atoms with Gasteiger partial charge in [0.25, 0.3) is 0 Å². The van der Waals surface area contributed by atoms with Gasteiger partial charge in [0.2, 0.25) is 5.91 Å². The Balaban J connectivity index is -0.000000239. The number of carbonyl (C=O) groups is 4. The molecule has 1 N–H and O–H groups in total. The number of Topliss-reactive ketones (excluding diaryl/α,β-unsaturated/α-hetero) is 1. The van der Waals surface area contributed by atoms with Crippen LogP contribution in [-0.4, -0.2) is 40.5 Å². The summed E-state index contributed by atoms with van der Waals surface area (Å²) in [5.74, 6) is 0.474. The quantitative estimate of drug-likeness (QED) is 0.854. The molecule has 0 aromatic rings. The highest BCUT2D eigenvalue weighted by atomic mass is 32.2. The van der Waals surface area contributed by atoms with E-state index in [1.807, 2.05) is 13.8 Å². The van der Waals surface area contributed by atoms with Crippen LogP contribution in [0.1, 0.15) is 34.6 Å². The van der Waals surface area contributed by atoms with Gasteiger partial charge >= 0.3 is 0 Å². The average Bonchev–Trinajstić information content (AvgIpc) is 2.36. The van der Waals surface area contributed by atoms with Crippen molar-refractivity contribution in [2.45, 2.75) is 34.6 Å². The third kappa shape index (κ3) is 31.7. The number of hydrogen-bond donors (Lipinski definition) is 1. The molecule has 0 saturated heterocycles. The summed E-state index contributed by atoms with van der Waals surface area (Å²) < 4.78 is 0. The number of amides is 1. The van der Waals surface area contributed by atoms with Crippen LogP contribution < -0.4 is 5.32 Å². The second kappa shape index (κ2) is 17.2.